The summed E-state index contributed by atoms with van der Waals surface area (Å²) in [7, 11) is 0. The molecule has 0 aliphatic carbocycles. The molecule has 130 valence electrons. The highest BCUT2D eigenvalue weighted by Crippen LogP contribution is 2.19. The van der Waals surface area contributed by atoms with Gasteiger partial charge in [0.1, 0.15) is 0 Å². The standard InChI is InChI=1S/C18H26N4O2/c1-4-20-18(24)16-11-15(12-22(16)10-7-13(2)3)21-17(23)14-5-8-19-9-6-14/h5-9,15-16H,4,10-12H2,1-3H3,(H,20,24)(H,21,23)/t15-,16+/m1/s1. The zero-order valence-corrected chi connectivity index (χ0v) is 14.6. The second-order valence-electron chi connectivity index (χ2n) is 6.29. The van der Waals surface area contributed by atoms with E-state index < -0.39 is 0 Å². The van der Waals surface area contributed by atoms with E-state index in [4.69, 9.17) is 0 Å². The van der Waals surface area contributed by atoms with Crippen LogP contribution in [0, 0.1) is 0 Å². The molecule has 2 heterocycles. The van der Waals surface area contributed by atoms with Gasteiger partial charge >= 0.3 is 0 Å². The Kier molecular flexibility index (Phi) is 6.49. The maximum Gasteiger partial charge on any atom is 0.251 e. The largest absolute Gasteiger partial charge is 0.355 e. The zero-order valence-electron chi connectivity index (χ0n) is 14.6. The van der Waals surface area contributed by atoms with E-state index in [0.29, 0.717) is 31.6 Å². The maximum absolute atomic E-state index is 12.3. The van der Waals surface area contributed by atoms with E-state index in [0.717, 1.165) is 0 Å². The Bertz CT molecular complexity index is 596. The SMILES string of the molecule is CCNC(=O)[C@@H]1C[C@@H](NC(=O)c2ccncc2)CN1CC=C(C)C. The normalized spacial score (nSPS) is 20.5. The van der Waals surface area contributed by atoms with Crippen molar-refractivity contribution in [3.63, 3.8) is 0 Å². The van der Waals surface area contributed by atoms with Crippen molar-refractivity contribution in [2.24, 2.45) is 0 Å². The molecule has 2 rings (SSSR count). The molecule has 2 N–H and O–H groups in total. The number of pyridine rings is 1. The number of carbonyl (C=O) groups excluding carboxylic acids is 2. The van der Waals surface area contributed by atoms with E-state index in [9.17, 15) is 9.59 Å². The molecule has 1 saturated heterocycles. The fourth-order valence-corrected chi connectivity index (χ4v) is 2.85. The summed E-state index contributed by atoms with van der Waals surface area (Å²) in [4.78, 5) is 30.7. The minimum Gasteiger partial charge on any atom is -0.355 e. The molecule has 6 nitrogen and oxygen atoms in total. The number of nitrogens with one attached hydrogen (secondary N) is 2. The number of carbonyl (C=O) groups is 2. The minimum atomic E-state index is -0.205. The van der Waals surface area contributed by atoms with Gasteiger partial charge in [-0.25, -0.2) is 0 Å². The van der Waals surface area contributed by atoms with Crippen molar-refractivity contribution in [1.82, 2.24) is 20.5 Å². The van der Waals surface area contributed by atoms with Crippen LogP contribution in [0.4, 0.5) is 0 Å². The van der Waals surface area contributed by atoms with Crippen molar-refractivity contribution in [2.45, 2.75) is 39.3 Å². The second kappa shape index (κ2) is 8.59. The third-order valence-electron chi connectivity index (χ3n) is 4.07. The Labute approximate surface area is 143 Å². The van der Waals surface area contributed by atoms with Crippen molar-refractivity contribution in [1.29, 1.82) is 0 Å². The lowest BCUT2D eigenvalue weighted by Crippen LogP contribution is -2.43. The van der Waals surface area contributed by atoms with Crippen LogP contribution in [-0.4, -0.2) is 53.4 Å². The molecule has 2 amide bonds. The molecule has 1 aromatic heterocycles. The van der Waals surface area contributed by atoms with Crippen LogP contribution in [0.1, 0.15) is 37.6 Å². The topological polar surface area (TPSA) is 74.3 Å². The summed E-state index contributed by atoms with van der Waals surface area (Å²) in [5, 5.41) is 5.92. The minimum absolute atomic E-state index is 0.0281. The van der Waals surface area contributed by atoms with Crippen molar-refractivity contribution < 1.29 is 9.59 Å². The Morgan fingerprint density at radius 3 is 2.67 bits per heavy atom. The molecule has 0 bridgehead atoms. The third kappa shape index (κ3) is 4.89. The third-order valence-corrected chi connectivity index (χ3v) is 4.07. The van der Waals surface area contributed by atoms with Crippen LogP contribution in [0.25, 0.3) is 0 Å². The molecule has 0 radical (unpaired) electrons. The number of likely N-dealkylation sites (tertiary alicyclic amines) is 1. The van der Waals surface area contributed by atoms with Gasteiger partial charge in [-0.1, -0.05) is 11.6 Å². The molecule has 0 aromatic carbocycles. The van der Waals surface area contributed by atoms with Gasteiger partial charge < -0.3 is 10.6 Å². The number of likely N-dealkylation sites (N-methyl/N-ethyl adjacent to an activating group) is 1. The molecule has 1 aromatic rings. The first-order chi connectivity index (χ1) is 11.5. The highest BCUT2D eigenvalue weighted by molar-refractivity contribution is 5.94. The molecule has 1 fully saturated rings. The maximum atomic E-state index is 12.3. The molecule has 0 unspecified atom stereocenters. The number of rotatable bonds is 6. The summed E-state index contributed by atoms with van der Waals surface area (Å²) >= 11 is 0. The van der Waals surface area contributed by atoms with Crippen LogP contribution in [0.5, 0.6) is 0 Å². The van der Waals surface area contributed by atoms with Crippen molar-refractivity contribution >= 4 is 11.8 Å². The first-order valence-corrected chi connectivity index (χ1v) is 8.37. The highest BCUT2D eigenvalue weighted by Gasteiger charge is 2.36. The molecule has 2 atom stereocenters. The number of hydrogen-bond acceptors (Lipinski definition) is 4. The zero-order chi connectivity index (χ0) is 17.5. The van der Waals surface area contributed by atoms with Gasteiger partial charge in [-0.05, 0) is 39.3 Å². The van der Waals surface area contributed by atoms with Gasteiger partial charge in [-0.2, -0.15) is 0 Å². The van der Waals surface area contributed by atoms with Crippen LogP contribution in [-0.2, 0) is 4.79 Å². The molecule has 24 heavy (non-hydrogen) atoms. The monoisotopic (exact) mass is 330 g/mol. The molecule has 1 aliphatic rings. The number of amides is 2. The lowest BCUT2D eigenvalue weighted by atomic mass is 10.1. The summed E-state index contributed by atoms with van der Waals surface area (Å²) in [6.07, 6.45) is 5.93. The van der Waals surface area contributed by atoms with Crippen LogP contribution in [0.2, 0.25) is 0 Å². The summed E-state index contributed by atoms with van der Waals surface area (Å²) < 4.78 is 0. The molecule has 0 saturated carbocycles. The lowest BCUT2D eigenvalue weighted by molar-refractivity contribution is -0.125. The molecule has 6 heteroatoms. The highest BCUT2D eigenvalue weighted by atomic mass is 16.2. The Morgan fingerprint density at radius 1 is 1.33 bits per heavy atom. The fraction of sp³-hybridized carbons (Fsp3) is 0.500. The summed E-state index contributed by atoms with van der Waals surface area (Å²) in [5.74, 6) is -0.0959. The summed E-state index contributed by atoms with van der Waals surface area (Å²) in [6.45, 7) is 7.99. The van der Waals surface area contributed by atoms with Crippen LogP contribution in [0.15, 0.2) is 36.2 Å². The van der Waals surface area contributed by atoms with E-state index in [-0.39, 0.29) is 23.9 Å². The Hall–Kier alpha value is -2.21. The van der Waals surface area contributed by atoms with E-state index in [2.05, 4.69) is 26.6 Å². The first-order valence-electron chi connectivity index (χ1n) is 8.37. The smallest absolute Gasteiger partial charge is 0.251 e. The van der Waals surface area contributed by atoms with E-state index >= 15 is 0 Å². The Balaban J connectivity index is 2.03. The lowest BCUT2D eigenvalue weighted by Gasteiger charge is -2.21. The van der Waals surface area contributed by atoms with Crippen molar-refractivity contribution in [3.8, 4) is 0 Å². The molecular weight excluding hydrogens is 304 g/mol. The van der Waals surface area contributed by atoms with Crippen molar-refractivity contribution in [2.75, 3.05) is 19.6 Å². The van der Waals surface area contributed by atoms with Gasteiger partial charge in [-0.15, -0.1) is 0 Å². The molecule has 0 spiro atoms. The van der Waals surface area contributed by atoms with E-state index in [1.807, 2.05) is 20.8 Å². The van der Waals surface area contributed by atoms with Gasteiger partial charge in [0.25, 0.3) is 5.91 Å². The van der Waals surface area contributed by atoms with E-state index in [1.165, 1.54) is 5.57 Å². The number of allylic oxidation sites excluding steroid dienone is 1. The predicted molar refractivity (Wildman–Crippen MR) is 93.6 cm³/mol. The van der Waals surface area contributed by atoms with Gasteiger partial charge in [-0.3, -0.25) is 19.5 Å². The van der Waals surface area contributed by atoms with E-state index in [1.54, 1.807) is 24.5 Å². The van der Waals surface area contributed by atoms with Gasteiger partial charge in [0.15, 0.2) is 0 Å². The predicted octanol–water partition coefficient (Wildman–Crippen LogP) is 1.36. The molecular formula is C18H26N4O2. The number of aromatic nitrogens is 1. The summed E-state index contributed by atoms with van der Waals surface area (Å²) in [6, 6.07) is 3.13. The first kappa shape index (κ1) is 18.1. The second-order valence-corrected chi connectivity index (χ2v) is 6.29. The number of hydrogen-bond donors (Lipinski definition) is 2. The summed E-state index contributed by atoms with van der Waals surface area (Å²) in [5.41, 5.74) is 1.80. The van der Waals surface area contributed by atoms with Gasteiger partial charge in [0, 0.05) is 43.6 Å². The van der Waals surface area contributed by atoms with Gasteiger partial charge in [0.2, 0.25) is 5.91 Å². The van der Waals surface area contributed by atoms with Crippen molar-refractivity contribution in [3.05, 3.63) is 41.7 Å². The Morgan fingerprint density at radius 2 is 2.04 bits per heavy atom. The van der Waals surface area contributed by atoms with Crippen LogP contribution in [0.3, 0.4) is 0 Å². The van der Waals surface area contributed by atoms with Gasteiger partial charge in [0.05, 0.1) is 6.04 Å². The fourth-order valence-electron chi connectivity index (χ4n) is 2.85. The van der Waals surface area contributed by atoms with Crippen LogP contribution < -0.4 is 10.6 Å². The average Bonchev–Trinajstić information content (AvgIpc) is 2.97. The number of nitrogens with zero attached hydrogens (tertiary/aromatic N) is 2. The molecule has 1 aliphatic heterocycles. The average molecular weight is 330 g/mol. The quantitative estimate of drug-likeness (QED) is 0.772. The van der Waals surface area contributed by atoms with Crippen LogP contribution >= 0.6 is 0 Å².